The van der Waals surface area contributed by atoms with E-state index in [0.29, 0.717) is 18.4 Å². The molecule has 1 fully saturated rings. The van der Waals surface area contributed by atoms with E-state index in [0.717, 1.165) is 0 Å². The molecule has 0 saturated carbocycles. The number of carbonyl (C=O) groups excluding carboxylic acids is 4. The molecule has 0 aliphatic carbocycles. The largest absolute Gasteiger partial charge is 0.454 e. The van der Waals surface area contributed by atoms with Gasteiger partial charge in [0.25, 0.3) is 0 Å². The molecular weight excluding hydrogens is 466 g/mol. The van der Waals surface area contributed by atoms with Crippen molar-refractivity contribution in [2.75, 3.05) is 7.11 Å². The maximum absolute atomic E-state index is 13.1. The minimum atomic E-state index is -1.03. The first-order valence-corrected chi connectivity index (χ1v) is 12.5. The van der Waals surface area contributed by atoms with Gasteiger partial charge in [-0.3, -0.25) is 19.7 Å². The van der Waals surface area contributed by atoms with Crippen molar-refractivity contribution in [3.8, 4) is 0 Å². The lowest BCUT2D eigenvalue weighted by molar-refractivity contribution is -0.145. The molecule has 2 amide bonds. The lowest BCUT2D eigenvalue weighted by Crippen LogP contribution is -2.40. The van der Waals surface area contributed by atoms with Crippen molar-refractivity contribution in [3.63, 3.8) is 0 Å². The molecule has 36 heavy (non-hydrogen) atoms. The SMILES string of the molecule is CO[C@H]1/C=C/CC/C=C/C(=O)OC([C@@H](C)C(=O)CC(O)CC2CC(=O)NC(=O)C2)/C(C)=C\[C@H](C)[C@H]1O. The van der Waals surface area contributed by atoms with Crippen LogP contribution in [0.1, 0.15) is 59.3 Å². The number of carbonyl (C=O) groups is 4. The first-order chi connectivity index (χ1) is 17.0. The van der Waals surface area contributed by atoms with Crippen LogP contribution in [0, 0.1) is 17.8 Å². The molecule has 200 valence electrons. The van der Waals surface area contributed by atoms with E-state index in [1.54, 1.807) is 32.1 Å². The lowest BCUT2D eigenvalue weighted by Gasteiger charge is -2.28. The van der Waals surface area contributed by atoms with Crippen molar-refractivity contribution < 1.29 is 38.9 Å². The van der Waals surface area contributed by atoms with Gasteiger partial charge in [-0.25, -0.2) is 4.79 Å². The van der Waals surface area contributed by atoms with Crippen molar-refractivity contribution in [2.24, 2.45) is 17.8 Å². The first-order valence-electron chi connectivity index (χ1n) is 12.5. The third-order valence-electron chi connectivity index (χ3n) is 6.68. The van der Waals surface area contributed by atoms with Crippen LogP contribution in [0.2, 0.25) is 0 Å². The maximum Gasteiger partial charge on any atom is 0.331 e. The van der Waals surface area contributed by atoms with Crippen LogP contribution in [-0.4, -0.2) is 65.3 Å². The maximum atomic E-state index is 13.1. The number of piperidine rings is 1. The molecule has 0 spiro atoms. The lowest BCUT2D eigenvalue weighted by atomic mass is 9.85. The van der Waals surface area contributed by atoms with Gasteiger partial charge >= 0.3 is 5.97 Å². The minimum Gasteiger partial charge on any atom is -0.454 e. The third-order valence-corrected chi connectivity index (χ3v) is 6.68. The molecule has 0 aromatic rings. The van der Waals surface area contributed by atoms with E-state index in [2.05, 4.69) is 5.32 Å². The Morgan fingerprint density at radius 1 is 1.19 bits per heavy atom. The number of aliphatic hydroxyl groups is 2. The van der Waals surface area contributed by atoms with Gasteiger partial charge in [-0.15, -0.1) is 0 Å². The van der Waals surface area contributed by atoms with Gasteiger partial charge in [-0.1, -0.05) is 38.2 Å². The number of nitrogens with one attached hydrogen (secondary N) is 1. The summed E-state index contributed by atoms with van der Waals surface area (Å²) in [6.45, 7) is 5.19. The molecule has 2 heterocycles. The van der Waals surface area contributed by atoms with E-state index in [4.69, 9.17) is 9.47 Å². The Kier molecular flexibility index (Phi) is 11.7. The highest BCUT2D eigenvalue weighted by Crippen LogP contribution is 2.26. The van der Waals surface area contributed by atoms with Crippen LogP contribution < -0.4 is 5.32 Å². The van der Waals surface area contributed by atoms with Gasteiger partial charge in [-0.05, 0) is 37.7 Å². The van der Waals surface area contributed by atoms with E-state index >= 15 is 0 Å². The van der Waals surface area contributed by atoms with Crippen LogP contribution in [0.25, 0.3) is 0 Å². The molecule has 0 radical (unpaired) electrons. The van der Waals surface area contributed by atoms with E-state index in [-0.39, 0.29) is 55.1 Å². The summed E-state index contributed by atoms with van der Waals surface area (Å²) in [5.41, 5.74) is 0.601. The average Bonchev–Trinajstić information content (AvgIpc) is 2.79. The number of allylic oxidation sites excluding steroid dienone is 2. The van der Waals surface area contributed by atoms with Gasteiger partial charge in [0.1, 0.15) is 18.0 Å². The Morgan fingerprint density at radius 2 is 1.83 bits per heavy atom. The van der Waals surface area contributed by atoms with Crippen LogP contribution in [0.15, 0.2) is 36.0 Å². The quantitative estimate of drug-likeness (QED) is 0.272. The molecule has 3 N–H and O–H groups in total. The highest BCUT2D eigenvalue weighted by Gasteiger charge is 2.33. The third kappa shape index (κ3) is 9.11. The van der Waals surface area contributed by atoms with Gasteiger partial charge < -0.3 is 19.7 Å². The number of esters is 1. The van der Waals surface area contributed by atoms with Gasteiger partial charge in [0.15, 0.2) is 0 Å². The Balaban J connectivity index is 2.17. The summed E-state index contributed by atoms with van der Waals surface area (Å²) in [6.07, 6.45) is 6.66. The molecule has 9 nitrogen and oxygen atoms in total. The molecule has 0 aromatic carbocycles. The summed E-state index contributed by atoms with van der Waals surface area (Å²) in [6, 6.07) is 0. The van der Waals surface area contributed by atoms with Gasteiger partial charge in [-0.2, -0.15) is 0 Å². The molecule has 6 atom stereocenters. The van der Waals surface area contributed by atoms with Crippen molar-refractivity contribution in [3.05, 3.63) is 36.0 Å². The smallest absolute Gasteiger partial charge is 0.331 e. The number of hydrogen-bond donors (Lipinski definition) is 3. The normalized spacial score (nSPS) is 31.7. The fraction of sp³-hybridized carbons (Fsp3) is 0.630. The topological polar surface area (TPSA) is 139 Å². The molecule has 0 aromatic heterocycles. The summed E-state index contributed by atoms with van der Waals surface area (Å²) in [7, 11) is 1.52. The van der Waals surface area contributed by atoms with E-state index < -0.39 is 36.3 Å². The second kappa shape index (κ2) is 14.2. The average molecular weight is 506 g/mol. The van der Waals surface area contributed by atoms with E-state index in [9.17, 15) is 29.4 Å². The van der Waals surface area contributed by atoms with Crippen molar-refractivity contribution in [1.82, 2.24) is 5.32 Å². The number of amides is 2. The van der Waals surface area contributed by atoms with Crippen LogP contribution in [-0.2, 0) is 28.7 Å². The zero-order valence-electron chi connectivity index (χ0n) is 21.5. The predicted molar refractivity (Wildman–Crippen MR) is 132 cm³/mol. The Hall–Kier alpha value is -2.62. The number of aliphatic hydroxyl groups excluding tert-OH is 2. The second-order valence-corrected chi connectivity index (χ2v) is 9.82. The number of Topliss-reactive ketones (excluding diaryl/α,β-unsaturated/α-hetero) is 1. The summed E-state index contributed by atoms with van der Waals surface area (Å²) < 4.78 is 11.1. The zero-order chi connectivity index (χ0) is 26.8. The number of imide groups is 1. The number of hydrogen-bond acceptors (Lipinski definition) is 8. The second-order valence-electron chi connectivity index (χ2n) is 9.82. The zero-order valence-corrected chi connectivity index (χ0v) is 21.5. The highest BCUT2D eigenvalue weighted by atomic mass is 16.5. The molecule has 2 aliphatic heterocycles. The van der Waals surface area contributed by atoms with Crippen LogP contribution in [0.4, 0.5) is 0 Å². The predicted octanol–water partition coefficient (Wildman–Crippen LogP) is 2.16. The summed E-state index contributed by atoms with van der Waals surface area (Å²) in [4.78, 5) is 48.7. The number of cyclic esters (lactones) is 1. The molecular formula is C27H39NO8. The summed E-state index contributed by atoms with van der Waals surface area (Å²) in [5.74, 6) is -3.10. The first kappa shape index (κ1) is 29.6. The molecule has 0 bridgehead atoms. The van der Waals surface area contributed by atoms with Crippen molar-refractivity contribution in [2.45, 2.75) is 83.7 Å². The van der Waals surface area contributed by atoms with Gasteiger partial charge in [0, 0.05) is 38.4 Å². The summed E-state index contributed by atoms with van der Waals surface area (Å²) in [5, 5.41) is 23.5. The molecule has 1 saturated heterocycles. The minimum absolute atomic E-state index is 0.124. The number of ether oxygens (including phenoxy) is 2. The monoisotopic (exact) mass is 505 g/mol. The van der Waals surface area contributed by atoms with Gasteiger partial charge in [0.05, 0.1) is 18.1 Å². The molecule has 9 heteroatoms. The Bertz CT molecular complexity index is 876. The van der Waals surface area contributed by atoms with E-state index in [1.165, 1.54) is 13.2 Å². The van der Waals surface area contributed by atoms with Crippen LogP contribution >= 0.6 is 0 Å². The molecule has 2 rings (SSSR count). The van der Waals surface area contributed by atoms with Crippen LogP contribution in [0.3, 0.4) is 0 Å². The molecule has 2 aliphatic rings. The number of methoxy groups -OCH3 is 1. The summed E-state index contributed by atoms with van der Waals surface area (Å²) >= 11 is 0. The standard InChI is InChI=1S/C27H39NO8/c1-16-11-17(2)27(36-25(33)10-8-6-5-7-9-22(35-4)26(16)34)18(3)21(30)15-20(29)12-19-13-23(31)28-24(32)14-19/h7-11,16,18-20,22,26-27,29,34H,5-6,12-15H2,1-4H3,(H,28,31,32)/b9-7+,10-8+,17-11-/t16-,18-,20?,22-,26+,27?/m0/s1. The van der Waals surface area contributed by atoms with E-state index in [1.807, 2.05) is 13.0 Å². The Labute approximate surface area is 212 Å². The fourth-order valence-corrected chi connectivity index (χ4v) is 4.67. The fourth-order valence-electron chi connectivity index (χ4n) is 4.67. The Morgan fingerprint density at radius 3 is 2.47 bits per heavy atom. The van der Waals surface area contributed by atoms with Gasteiger partial charge in [0.2, 0.25) is 11.8 Å². The number of ketones is 1. The van der Waals surface area contributed by atoms with Crippen molar-refractivity contribution in [1.29, 1.82) is 0 Å². The highest BCUT2D eigenvalue weighted by molar-refractivity contribution is 5.97. The van der Waals surface area contributed by atoms with Crippen LogP contribution in [0.5, 0.6) is 0 Å². The number of rotatable bonds is 7. The van der Waals surface area contributed by atoms with Crippen molar-refractivity contribution >= 4 is 23.6 Å². The molecule has 2 unspecified atom stereocenters.